The van der Waals surface area contributed by atoms with Gasteiger partial charge in [-0.1, -0.05) is 81.4 Å². The molecule has 0 aromatic heterocycles. The summed E-state index contributed by atoms with van der Waals surface area (Å²) in [5.41, 5.74) is 1.36. The first-order valence-electron chi connectivity index (χ1n) is 11.1. The molecule has 3 amide bonds. The van der Waals surface area contributed by atoms with E-state index in [0.717, 1.165) is 11.1 Å². The Morgan fingerprint density at radius 2 is 1.52 bits per heavy atom. The summed E-state index contributed by atoms with van der Waals surface area (Å²) in [7, 11) is 1.54. The molecule has 0 bridgehead atoms. The predicted molar refractivity (Wildman–Crippen MR) is 128 cm³/mol. The van der Waals surface area contributed by atoms with E-state index in [1.807, 2.05) is 81.4 Å². The van der Waals surface area contributed by atoms with Crippen molar-refractivity contribution in [3.8, 4) is 0 Å². The maximum Gasteiger partial charge on any atom is 0.242 e. The average Bonchev–Trinajstić information content (AvgIpc) is 2.81. The van der Waals surface area contributed by atoms with E-state index in [2.05, 4.69) is 10.6 Å². The molecule has 178 valence electrons. The van der Waals surface area contributed by atoms with E-state index >= 15 is 0 Å². The third-order valence-electron chi connectivity index (χ3n) is 5.61. The molecule has 2 rings (SSSR count). The van der Waals surface area contributed by atoms with Gasteiger partial charge in [0, 0.05) is 7.05 Å². The second-order valence-electron chi connectivity index (χ2n) is 9.18. The van der Waals surface area contributed by atoms with Gasteiger partial charge < -0.3 is 10.6 Å². The molecule has 0 spiro atoms. The largest absolute Gasteiger partial charge is 0.357 e. The monoisotopic (exact) mass is 453 g/mol. The highest BCUT2D eigenvalue weighted by atomic mass is 16.7. The molecule has 0 aliphatic carbocycles. The fraction of sp³-hybridized carbons (Fsp3) is 0.423. The molecule has 3 atom stereocenters. The second-order valence-corrected chi connectivity index (χ2v) is 9.18. The summed E-state index contributed by atoms with van der Waals surface area (Å²) in [5.74, 6) is -1.22. The van der Waals surface area contributed by atoms with Gasteiger partial charge >= 0.3 is 0 Å². The molecule has 7 nitrogen and oxygen atoms in total. The van der Waals surface area contributed by atoms with E-state index in [4.69, 9.17) is 4.84 Å². The Hall–Kier alpha value is -3.19. The zero-order valence-electron chi connectivity index (χ0n) is 20.1. The smallest absolute Gasteiger partial charge is 0.242 e. The van der Waals surface area contributed by atoms with Crippen LogP contribution in [0.2, 0.25) is 0 Å². The molecule has 0 fully saturated rings. The highest BCUT2D eigenvalue weighted by Crippen LogP contribution is 2.23. The van der Waals surface area contributed by atoms with Crippen LogP contribution in [-0.4, -0.2) is 42.4 Å². The number of amides is 3. The van der Waals surface area contributed by atoms with Crippen molar-refractivity contribution in [2.45, 2.75) is 52.8 Å². The zero-order valence-corrected chi connectivity index (χ0v) is 20.1. The van der Waals surface area contributed by atoms with Crippen molar-refractivity contribution in [2.75, 3.05) is 7.05 Å². The van der Waals surface area contributed by atoms with Gasteiger partial charge in [0.1, 0.15) is 12.6 Å². The van der Waals surface area contributed by atoms with Gasteiger partial charge in [0.05, 0.1) is 12.0 Å². The molecule has 0 aliphatic heterocycles. The molecule has 33 heavy (non-hydrogen) atoms. The Bertz CT molecular complexity index is 897. The van der Waals surface area contributed by atoms with E-state index in [9.17, 15) is 14.4 Å². The summed E-state index contributed by atoms with van der Waals surface area (Å²) >= 11 is 0. The third-order valence-corrected chi connectivity index (χ3v) is 5.61. The van der Waals surface area contributed by atoms with E-state index in [0.29, 0.717) is 12.8 Å². The lowest BCUT2D eigenvalue weighted by atomic mass is 9.84. The number of carbonyl (C=O) groups excluding carboxylic acids is 3. The van der Waals surface area contributed by atoms with Crippen LogP contribution in [0, 0.1) is 11.3 Å². The minimum absolute atomic E-state index is 0.201. The molecule has 0 heterocycles. The first-order valence-corrected chi connectivity index (χ1v) is 11.1. The molecule has 0 saturated heterocycles. The van der Waals surface area contributed by atoms with Crippen molar-refractivity contribution < 1.29 is 19.2 Å². The van der Waals surface area contributed by atoms with Crippen molar-refractivity contribution in [2.24, 2.45) is 11.3 Å². The Morgan fingerprint density at radius 3 is 2.00 bits per heavy atom. The number of hydrogen-bond acceptors (Lipinski definition) is 4. The topological polar surface area (TPSA) is 87.7 Å². The number of hydrogen-bond donors (Lipinski definition) is 2. The van der Waals surface area contributed by atoms with Crippen molar-refractivity contribution in [3.05, 3.63) is 71.8 Å². The van der Waals surface area contributed by atoms with E-state index in [1.165, 1.54) is 5.06 Å². The SMILES string of the molecule is CNC(=O)[C@@H](NC(=O)[C@@H](Cc1ccccc1)[C@H](C)N(C=O)OCc1ccccc1)C(C)(C)C. The van der Waals surface area contributed by atoms with Crippen LogP contribution in [0.15, 0.2) is 60.7 Å². The van der Waals surface area contributed by atoms with Gasteiger partial charge in [-0.2, -0.15) is 0 Å². The fourth-order valence-corrected chi connectivity index (χ4v) is 3.56. The van der Waals surface area contributed by atoms with E-state index < -0.39 is 23.4 Å². The summed E-state index contributed by atoms with van der Waals surface area (Å²) in [6.07, 6.45) is 0.982. The standard InChI is InChI=1S/C26H35N3O4/c1-19(29(18-30)33-17-21-14-10-7-11-15-21)22(16-20-12-8-6-9-13-20)24(31)28-23(25(32)27-5)26(2,3)4/h6-15,18-19,22-23H,16-17H2,1-5H3,(H,27,32)(H,28,31)/t19-,22-,23+/m0/s1. The quantitative estimate of drug-likeness (QED) is 0.404. The Labute approximate surface area is 196 Å². The summed E-state index contributed by atoms with van der Waals surface area (Å²) < 4.78 is 0. The van der Waals surface area contributed by atoms with Crippen LogP contribution in [0.25, 0.3) is 0 Å². The van der Waals surface area contributed by atoms with Gasteiger partial charge in [0.25, 0.3) is 0 Å². The van der Waals surface area contributed by atoms with Gasteiger partial charge in [-0.15, -0.1) is 0 Å². The van der Waals surface area contributed by atoms with Gasteiger partial charge in [-0.05, 0) is 29.9 Å². The number of rotatable bonds is 11. The normalized spacial score (nSPS) is 14.0. The molecular weight excluding hydrogens is 418 g/mol. The van der Waals surface area contributed by atoms with Crippen LogP contribution in [0.1, 0.15) is 38.8 Å². The lowest BCUT2D eigenvalue weighted by molar-refractivity contribution is -0.197. The van der Waals surface area contributed by atoms with Crippen molar-refractivity contribution in [1.82, 2.24) is 15.7 Å². The Kier molecular flexibility index (Phi) is 9.60. The van der Waals surface area contributed by atoms with Crippen molar-refractivity contribution >= 4 is 18.2 Å². The summed E-state index contributed by atoms with van der Waals surface area (Å²) in [6, 6.07) is 17.8. The summed E-state index contributed by atoms with van der Waals surface area (Å²) in [5, 5.41) is 6.72. The van der Waals surface area contributed by atoms with Crippen LogP contribution < -0.4 is 10.6 Å². The molecule has 0 unspecified atom stereocenters. The van der Waals surface area contributed by atoms with Crippen molar-refractivity contribution in [1.29, 1.82) is 0 Å². The first-order chi connectivity index (χ1) is 15.7. The van der Waals surface area contributed by atoms with Gasteiger partial charge in [-0.3, -0.25) is 19.2 Å². The minimum atomic E-state index is -0.726. The molecule has 7 heteroatoms. The van der Waals surface area contributed by atoms with E-state index in [-0.39, 0.29) is 18.4 Å². The lowest BCUT2D eigenvalue weighted by Crippen LogP contribution is -2.56. The highest BCUT2D eigenvalue weighted by Gasteiger charge is 2.37. The van der Waals surface area contributed by atoms with Crippen molar-refractivity contribution in [3.63, 3.8) is 0 Å². The number of benzene rings is 2. The molecule has 0 aliphatic rings. The maximum atomic E-state index is 13.5. The number of likely N-dealkylation sites (N-methyl/N-ethyl adjacent to an activating group) is 1. The predicted octanol–water partition coefficient (Wildman–Crippen LogP) is 3.10. The van der Waals surface area contributed by atoms with Crippen LogP contribution in [0.3, 0.4) is 0 Å². The number of nitrogens with zero attached hydrogens (tertiary/aromatic N) is 1. The molecular formula is C26H35N3O4. The molecule has 2 aromatic rings. The molecule has 2 aromatic carbocycles. The van der Waals surface area contributed by atoms with Crippen LogP contribution in [-0.2, 0) is 32.2 Å². The van der Waals surface area contributed by atoms with Gasteiger partial charge in [0.15, 0.2) is 0 Å². The molecule has 2 N–H and O–H groups in total. The van der Waals surface area contributed by atoms with Crippen LogP contribution >= 0.6 is 0 Å². The highest BCUT2D eigenvalue weighted by molar-refractivity contribution is 5.89. The summed E-state index contributed by atoms with van der Waals surface area (Å²) in [6.45, 7) is 7.65. The number of carbonyl (C=O) groups is 3. The average molecular weight is 454 g/mol. The lowest BCUT2D eigenvalue weighted by Gasteiger charge is -2.34. The Morgan fingerprint density at radius 1 is 0.970 bits per heavy atom. The minimum Gasteiger partial charge on any atom is -0.357 e. The molecule has 0 saturated carbocycles. The Balaban J connectivity index is 2.26. The molecule has 0 radical (unpaired) electrons. The summed E-state index contributed by atoms with van der Waals surface area (Å²) in [4.78, 5) is 43.6. The maximum absolute atomic E-state index is 13.5. The van der Waals surface area contributed by atoms with Gasteiger partial charge in [0.2, 0.25) is 18.2 Å². The van der Waals surface area contributed by atoms with Gasteiger partial charge in [-0.25, -0.2) is 5.06 Å². The first kappa shape index (κ1) is 26.1. The fourth-order valence-electron chi connectivity index (χ4n) is 3.56. The van der Waals surface area contributed by atoms with Crippen LogP contribution in [0.5, 0.6) is 0 Å². The number of nitrogens with one attached hydrogen (secondary N) is 2. The number of hydroxylamine groups is 2. The zero-order chi connectivity index (χ0) is 24.4. The third kappa shape index (κ3) is 7.71. The van der Waals surface area contributed by atoms with Crippen LogP contribution in [0.4, 0.5) is 0 Å². The second kappa shape index (κ2) is 12.2. The van der Waals surface area contributed by atoms with E-state index in [1.54, 1.807) is 14.0 Å².